The van der Waals surface area contributed by atoms with Gasteiger partial charge < -0.3 is 15.7 Å². The summed E-state index contributed by atoms with van der Waals surface area (Å²) in [7, 11) is 0. The third-order valence-electron chi connectivity index (χ3n) is 2.11. The Morgan fingerprint density at radius 1 is 1.62 bits per heavy atom. The summed E-state index contributed by atoms with van der Waals surface area (Å²) in [5.74, 6) is -0.753. The van der Waals surface area contributed by atoms with Crippen LogP contribution in [0, 0.1) is 0 Å². The molecule has 0 bridgehead atoms. The Bertz CT molecular complexity index is 265. The standard InChI is InChI=1S/C8H13F2N3O3/c9-7(10)5(14)2-13-8(16)4-1-12-6(15)3-11-4/h4-5,7,11,14H,1-3H2,(H,12,15)(H,13,16). The van der Waals surface area contributed by atoms with Crippen LogP contribution in [-0.2, 0) is 9.59 Å². The average molecular weight is 237 g/mol. The van der Waals surface area contributed by atoms with Gasteiger partial charge in [-0.15, -0.1) is 0 Å². The number of aliphatic hydroxyl groups is 1. The summed E-state index contributed by atoms with van der Waals surface area (Å²) in [5.41, 5.74) is 0. The van der Waals surface area contributed by atoms with E-state index in [0.29, 0.717) is 0 Å². The summed E-state index contributed by atoms with van der Waals surface area (Å²) in [6.07, 6.45) is -4.76. The molecule has 8 heteroatoms. The quantitative estimate of drug-likeness (QED) is 0.447. The van der Waals surface area contributed by atoms with Crippen LogP contribution in [0.3, 0.4) is 0 Å². The lowest BCUT2D eigenvalue weighted by atomic mass is 10.2. The molecule has 2 amide bonds. The molecule has 0 spiro atoms. The van der Waals surface area contributed by atoms with Crippen molar-refractivity contribution in [2.75, 3.05) is 19.6 Å². The molecule has 1 heterocycles. The van der Waals surface area contributed by atoms with Crippen molar-refractivity contribution in [2.24, 2.45) is 0 Å². The number of rotatable bonds is 4. The molecule has 0 aromatic carbocycles. The van der Waals surface area contributed by atoms with Gasteiger partial charge in [-0.1, -0.05) is 0 Å². The minimum atomic E-state index is -2.89. The highest BCUT2D eigenvalue weighted by molar-refractivity contribution is 5.86. The van der Waals surface area contributed by atoms with E-state index >= 15 is 0 Å². The summed E-state index contributed by atoms with van der Waals surface area (Å²) in [4.78, 5) is 22.1. The lowest BCUT2D eigenvalue weighted by molar-refractivity contribution is -0.127. The fourth-order valence-corrected chi connectivity index (χ4v) is 1.17. The van der Waals surface area contributed by atoms with Crippen LogP contribution >= 0.6 is 0 Å². The maximum Gasteiger partial charge on any atom is 0.265 e. The van der Waals surface area contributed by atoms with Gasteiger partial charge in [-0.25, -0.2) is 8.78 Å². The van der Waals surface area contributed by atoms with Crippen molar-refractivity contribution >= 4 is 11.8 Å². The Morgan fingerprint density at radius 2 is 2.31 bits per heavy atom. The molecule has 2 unspecified atom stereocenters. The topological polar surface area (TPSA) is 90.5 Å². The smallest absolute Gasteiger partial charge is 0.265 e. The molecule has 16 heavy (non-hydrogen) atoms. The molecule has 4 N–H and O–H groups in total. The lowest BCUT2D eigenvalue weighted by Crippen LogP contribution is -2.58. The first-order chi connectivity index (χ1) is 7.50. The third kappa shape index (κ3) is 3.70. The number of piperazine rings is 1. The molecule has 0 aromatic rings. The molecule has 0 radical (unpaired) electrons. The summed E-state index contributed by atoms with van der Waals surface area (Å²) in [6, 6.07) is -0.650. The van der Waals surface area contributed by atoms with E-state index in [1.54, 1.807) is 0 Å². The highest BCUT2D eigenvalue weighted by Crippen LogP contribution is 1.98. The van der Waals surface area contributed by atoms with Gasteiger partial charge in [0.25, 0.3) is 6.43 Å². The maximum absolute atomic E-state index is 11.9. The molecule has 6 nitrogen and oxygen atoms in total. The number of hydrogen-bond donors (Lipinski definition) is 4. The molecule has 1 fully saturated rings. The van der Waals surface area contributed by atoms with Gasteiger partial charge in [0.05, 0.1) is 6.54 Å². The van der Waals surface area contributed by atoms with Gasteiger partial charge in [0, 0.05) is 13.1 Å². The van der Waals surface area contributed by atoms with Crippen LogP contribution in [0.5, 0.6) is 0 Å². The Morgan fingerprint density at radius 3 is 2.81 bits per heavy atom. The number of aliphatic hydroxyl groups excluding tert-OH is 1. The van der Waals surface area contributed by atoms with Gasteiger partial charge >= 0.3 is 0 Å². The number of halogens is 2. The molecule has 2 atom stereocenters. The minimum Gasteiger partial charge on any atom is -0.385 e. The average Bonchev–Trinajstić information content (AvgIpc) is 2.26. The van der Waals surface area contributed by atoms with Crippen LogP contribution in [0.25, 0.3) is 0 Å². The van der Waals surface area contributed by atoms with Gasteiger partial charge in [-0.05, 0) is 0 Å². The summed E-state index contributed by atoms with van der Waals surface area (Å²) in [5, 5.41) is 16.0. The highest BCUT2D eigenvalue weighted by Gasteiger charge is 2.25. The lowest BCUT2D eigenvalue weighted by Gasteiger charge is -2.23. The van der Waals surface area contributed by atoms with E-state index in [1.165, 1.54) is 0 Å². The van der Waals surface area contributed by atoms with Crippen LogP contribution in [0.4, 0.5) is 8.78 Å². The highest BCUT2D eigenvalue weighted by atomic mass is 19.3. The van der Waals surface area contributed by atoms with E-state index in [4.69, 9.17) is 5.11 Å². The number of carbonyl (C=O) groups excluding carboxylic acids is 2. The molecule has 0 saturated carbocycles. The molecule has 1 aliphatic rings. The maximum atomic E-state index is 11.9. The van der Waals surface area contributed by atoms with Gasteiger partial charge in [0.15, 0.2) is 0 Å². The molecule has 92 valence electrons. The Labute approximate surface area is 90.4 Å². The largest absolute Gasteiger partial charge is 0.385 e. The van der Waals surface area contributed by atoms with Gasteiger partial charge in [0.1, 0.15) is 12.1 Å². The van der Waals surface area contributed by atoms with E-state index in [9.17, 15) is 18.4 Å². The van der Waals surface area contributed by atoms with Crippen molar-refractivity contribution < 1.29 is 23.5 Å². The molecule has 0 aromatic heterocycles. The minimum absolute atomic E-state index is 0.00941. The first kappa shape index (κ1) is 12.8. The Kier molecular flexibility index (Phi) is 4.56. The normalized spacial score (nSPS) is 22.8. The van der Waals surface area contributed by atoms with Crippen molar-refractivity contribution in [3.05, 3.63) is 0 Å². The van der Waals surface area contributed by atoms with E-state index in [-0.39, 0.29) is 19.0 Å². The number of hydrogen-bond acceptors (Lipinski definition) is 4. The molecule has 0 aliphatic carbocycles. The molecular weight excluding hydrogens is 224 g/mol. The van der Waals surface area contributed by atoms with E-state index < -0.39 is 31.0 Å². The number of amides is 2. The van der Waals surface area contributed by atoms with Crippen molar-refractivity contribution in [1.29, 1.82) is 0 Å². The first-order valence-corrected chi connectivity index (χ1v) is 4.74. The van der Waals surface area contributed by atoms with E-state index in [1.807, 2.05) is 0 Å². The van der Waals surface area contributed by atoms with Crippen molar-refractivity contribution in [3.8, 4) is 0 Å². The van der Waals surface area contributed by atoms with Crippen LogP contribution in [0.1, 0.15) is 0 Å². The Balaban J connectivity index is 2.27. The fraction of sp³-hybridized carbons (Fsp3) is 0.750. The third-order valence-corrected chi connectivity index (χ3v) is 2.11. The van der Waals surface area contributed by atoms with Crippen molar-refractivity contribution in [1.82, 2.24) is 16.0 Å². The van der Waals surface area contributed by atoms with Crippen LogP contribution < -0.4 is 16.0 Å². The summed E-state index contributed by atoms with van der Waals surface area (Å²) in [6.45, 7) is -0.395. The monoisotopic (exact) mass is 237 g/mol. The second-order valence-corrected chi connectivity index (χ2v) is 3.38. The zero-order valence-electron chi connectivity index (χ0n) is 8.37. The predicted molar refractivity (Wildman–Crippen MR) is 49.8 cm³/mol. The Hall–Kier alpha value is -1.28. The van der Waals surface area contributed by atoms with Gasteiger partial charge in [0.2, 0.25) is 11.8 Å². The summed E-state index contributed by atoms with van der Waals surface area (Å²) >= 11 is 0. The van der Waals surface area contributed by atoms with Gasteiger partial charge in [-0.2, -0.15) is 0 Å². The fourth-order valence-electron chi connectivity index (χ4n) is 1.17. The molecule has 1 saturated heterocycles. The molecule has 1 rings (SSSR count). The SMILES string of the molecule is O=C1CNC(C(=O)NCC(O)C(F)F)CN1. The molecule has 1 aliphatic heterocycles. The van der Waals surface area contributed by atoms with Gasteiger partial charge in [-0.3, -0.25) is 14.9 Å². The molecular formula is C8H13F2N3O3. The van der Waals surface area contributed by atoms with Crippen LogP contribution in [-0.4, -0.2) is 55.1 Å². The number of alkyl halides is 2. The summed E-state index contributed by atoms with van der Waals surface area (Å²) < 4.78 is 23.8. The number of carbonyl (C=O) groups is 2. The van der Waals surface area contributed by atoms with E-state index in [2.05, 4.69) is 16.0 Å². The second-order valence-electron chi connectivity index (χ2n) is 3.38. The van der Waals surface area contributed by atoms with E-state index in [0.717, 1.165) is 0 Å². The van der Waals surface area contributed by atoms with Crippen LogP contribution in [0.2, 0.25) is 0 Å². The first-order valence-electron chi connectivity index (χ1n) is 4.74. The van der Waals surface area contributed by atoms with Crippen LogP contribution in [0.15, 0.2) is 0 Å². The second kappa shape index (κ2) is 5.71. The predicted octanol–water partition coefficient (Wildman–Crippen LogP) is -2.18. The zero-order valence-corrected chi connectivity index (χ0v) is 8.37. The zero-order chi connectivity index (χ0) is 12.1. The number of nitrogens with one attached hydrogen (secondary N) is 3. The van der Waals surface area contributed by atoms with Crippen molar-refractivity contribution in [3.63, 3.8) is 0 Å². The van der Waals surface area contributed by atoms with Crippen molar-refractivity contribution in [2.45, 2.75) is 18.6 Å².